The lowest BCUT2D eigenvalue weighted by Gasteiger charge is -2.32. The molecule has 138 valence electrons. The SMILES string of the molecule is CC[C@@H](O)CN(CC(=O)NC1CCN(C(C)=O)CC1)c1ccccc1. The van der Waals surface area contributed by atoms with Crippen LogP contribution in [-0.2, 0) is 9.59 Å². The van der Waals surface area contributed by atoms with Gasteiger partial charge in [0.1, 0.15) is 0 Å². The highest BCUT2D eigenvalue weighted by Crippen LogP contribution is 2.15. The number of nitrogens with zero attached hydrogens (tertiary/aromatic N) is 2. The van der Waals surface area contributed by atoms with Crippen molar-refractivity contribution in [3.8, 4) is 0 Å². The molecule has 1 heterocycles. The van der Waals surface area contributed by atoms with Crippen LogP contribution in [0.25, 0.3) is 0 Å². The smallest absolute Gasteiger partial charge is 0.239 e. The van der Waals surface area contributed by atoms with Crippen LogP contribution in [0.4, 0.5) is 5.69 Å². The predicted octanol–water partition coefficient (Wildman–Crippen LogP) is 1.39. The molecule has 1 fully saturated rings. The summed E-state index contributed by atoms with van der Waals surface area (Å²) in [6, 6.07) is 9.78. The molecule has 0 spiro atoms. The summed E-state index contributed by atoms with van der Waals surface area (Å²) >= 11 is 0. The Morgan fingerprint density at radius 2 is 1.92 bits per heavy atom. The first-order chi connectivity index (χ1) is 12.0. The van der Waals surface area contributed by atoms with Crippen LogP contribution >= 0.6 is 0 Å². The summed E-state index contributed by atoms with van der Waals surface area (Å²) in [5.41, 5.74) is 0.927. The summed E-state index contributed by atoms with van der Waals surface area (Å²) in [5, 5.41) is 13.1. The molecule has 0 aromatic heterocycles. The maximum absolute atomic E-state index is 12.5. The highest BCUT2D eigenvalue weighted by Gasteiger charge is 2.23. The van der Waals surface area contributed by atoms with Crippen molar-refractivity contribution in [1.29, 1.82) is 0 Å². The Labute approximate surface area is 149 Å². The van der Waals surface area contributed by atoms with Crippen LogP contribution in [-0.4, -0.2) is 60.1 Å². The standard InChI is InChI=1S/C19H29N3O3/c1-3-18(24)13-22(17-7-5-4-6-8-17)14-19(25)20-16-9-11-21(12-10-16)15(2)23/h4-8,16,18,24H,3,9-14H2,1-2H3,(H,20,25)/t18-/m1/s1. The molecule has 1 saturated heterocycles. The van der Waals surface area contributed by atoms with Gasteiger partial charge in [-0.15, -0.1) is 0 Å². The number of hydrogen-bond acceptors (Lipinski definition) is 4. The number of rotatable bonds is 7. The van der Waals surface area contributed by atoms with E-state index in [-0.39, 0.29) is 24.4 Å². The van der Waals surface area contributed by atoms with Crippen molar-refractivity contribution in [2.75, 3.05) is 31.1 Å². The molecule has 6 nitrogen and oxygen atoms in total. The minimum Gasteiger partial charge on any atom is -0.391 e. The molecule has 2 amide bonds. The van der Waals surface area contributed by atoms with Gasteiger partial charge in [-0.3, -0.25) is 9.59 Å². The number of para-hydroxylation sites is 1. The van der Waals surface area contributed by atoms with Crippen molar-refractivity contribution < 1.29 is 14.7 Å². The Hall–Kier alpha value is -2.08. The normalized spacial score (nSPS) is 16.4. The van der Waals surface area contributed by atoms with Crippen molar-refractivity contribution in [1.82, 2.24) is 10.2 Å². The van der Waals surface area contributed by atoms with E-state index in [0.717, 1.165) is 18.5 Å². The maximum Gasteiger partial charge on any atom is 0.239 e. The number of aliphatic hydroxyl groups is 1. The summed E-state index contributed by atoms with van der Waals surface area (Å²) in [4.78, 5) is 27.6. The third kappa shape index (κ3) is 6.05. The van der Waals surface area contributed by atoms with Gasteiger partial charge >= 0.3 is 0 Å². The van der Waals surface area contributed by atoms with Crippen LogP contribution in [0.15, 0.2) is 30.3 Å². The van der Waals surface area contributed by atoms with Crippen molar-refractivity contribution >= 4 is 17.5 Å². The fraction of sp³-hybridized carbons (Fsp3) is 0.579. The fourth-order valence-electron chi connectivity index (χ4n) is 3.07. The number of carbonyl (C=O) groups is 2. The second-order valence-corrected chi connectivity index (χ2v) is 6.63. The van der Waals surface area contributed by atoms with Gasteiger partial charge in [0.15, 0.2) is 0 Å². The number of benzene rings is 1. The fourth-order valence-corrected chi connectivity index (χ4v) is 3.07. The molecule has 1 aromatic carbocycles. The van der Waals surface area contributed by atoms with Crippen LogP contribution in [0.2, 0.25) is 0 Å². The number of amides is 2. The summed E-state index contributed by atoms with van der Waals surface area (Å²) in [5.74, 6) is 0.0435. The van der Waals surface area contributed by atoms with Gasteiger partial charge in [0, 0.05) is 38.3 Å². The number of piperidine rings is 1. The van der Waals surface area contributed by atoms with Crippen LogP contribution < -0.4 is 10.2 Å². The molecule has 1 aliphatic rings. The van der Waals surface area contributed by atoms with Crippen molar-refractivity contribution in [3.63, 3.8) is 0 Å². The molecule has 2 rings (SSSR count). The summed E-state index contributed by atoms with van der Waals surface area (Å²) < 4.78 is 0. The zero-order valence-electron chi connectivity index (χ0n) is 15.1. The van der Waals surface area contributed by atoms with Gasteiger partial charge < -0.3 is 20.2 Å². The van der Waals surface area contributed by atoms with Gasteiger partial charge in [-0.05, 0) is 31.4 Å². The molecule has 0 saturated carbocycles. The quantitative estimate of drug-likeness (QED) is 0.782. The molecule has 2 N–H and O–H groups in total. The van der Waals surface area contributed by atoms with Crippen molar-refractivity contribution in [3.05, 3.63) is 30.3 Å². The molecule has 1 aliphatic heterocycles. The van der Waals surface area contributed by atoms with E-state index < -0.39 is 6.10 Å². The zero-order chi connectivity index (χ0) is 18.2. The lowest BCUT2D eigenvalue weighted by molar-refractivity contribution is -0.130. The molecule has 0 unspecified atom stereocenters. The summed E-state index contributed by atoms with van der Waals surface area (Å²) in [6.45, 7) is 5.53. The average molecular weight is 347 g/mol. The number of nitrogens with one attached hydrogen (secondary N) is 1. The van der Waals surface area contributed by atoms with Crippen molar-refractivity contribution in [2.24, 2.45) is 0 Å². The van der Waals surface area contributed by atoms with Gasteiger partial charge in [0.05, 0.1) is 12.6 Å². The zero-order valence-corrected chi connectivity index (χ0v) is 15.1. The molecule has 6 heteroatoms. The first kappa shape index (κ1) is 19.2. The van der Waals surface area contributed by atoms with E-state index in [0.29, 0.717) is 26.1 Å². The van der Waals surface area contributed by atoms with Crippen LogP contribution in [0.5, 0.6) is 0 Å². The molecule has 0 radical (unpaired) electrons. The molecule has 25 heavy (non-hydrogen) atoms. The molecule has 1 aromatic rings. The van der Waals surface area contributed by atoms with Gasteiger partial charge in [-0.1, -0.05) is 25.1 Å². The van der Waals surface area contributed by atoms with E-state index in [1.165, 1.54) is 0 Å². The molecule has 0 bridgehead atoms. The lowest BCUT2D eigenvalue weighted by Crippen LogP contribution is -2.49. The molecule has 1 atom stereocenters. The van der Waals surface area contributed by atoms with E-state index >= 15 is 0 Å². The topological polar surface area (TPSA) is 72.9 Å². The summed E-state index contributed by atoms with van der Waals surface area (Å²) in [7, 11) is 0. The number of anilines is 1. The van der Waals surface area contributed by atoms with E-state index in [2.05, 4.69) is 5.32 Å². The van der Waals surface area contributed by atoms with Crippen LogP contribution in [0, 0.1) is 0 Å². The lowest BCUT2D eigenvalue weighted by atomic mass is 10.0. The van der Waals surface area contributed by atoms with Gasteiger partial charge in [-0.25, -0.2) is 0 Å². The van der Waals surface area contributed by atoms with Gasteiger partial charge in [-0.2, -0.15) is 0 Å². The highest BCUT2D eigenvalue weighted by molar-refractivity contribution is 5.81. The minimum atomic E-state index is -0.466. The Morgan fingerprint density at radius 3 is 2.48 bits per heavy atom. The van der Waals surface area contributed by atoms with E-state index in [1.54, 1.807) is 6.92 Å². The number of aliphatic hydroxyl groups excluding tert-OH is 1. The minimum absolute atomic E-state index is 0.0477. The van der Waals surface area contributed by atoms with Gasteiger partial charge in [0.2, 0.25) is 11.8 Å². The van der Waals surface area contributed by atoms with Gasteiger partial charge in [0.25, 0.3) is 0 Å². The number of likely N-dealkylation sites (tertiary alicyclic amines) is 1. The monoisotopic (exact) mass is 347 g/mol. The largest absolute Gasteiger partial charge is 0.391 e. The Morgan fingerprint density at radius 1 is 1.28 bits per heavy atom. The van der Waals surface area contributed by atoms with E-state index in [1.807, 2.05) is 47.1 Å². The number of carbonyl (C=O) groups excluding carboxylic acids is 2. The first-order valence-electron chi connectivity index (χ1n) is 9.02. The third-order valence-corrected chi connectivity index (χ3v) is 4.66. The molecular formula is C19H29N3O3. The van der Waals surface area contributed by atoms with Crippen LogP contribution in [0.3, 0.4) is 0 Å². The van der Waals surface area contributed by atoms with Crippen molar-refractivity contribution in [2.45, 2.75) is 45.3 Å². The number of hydrogen-bond donors (Lipinski definition) is 2. The Kier molecular flexibility index (Phi) is 7.25. The Balaban J connectivity index is 1.90. The second-order valence-electron chi connectivity index (χ2n) is 6.63. The average Bonchev–Trinajstić information content (AvgIpc) is 2.62. The van der Waals surface area contributed by atoms with E-state index in [4.69, 9.17) is 0 Å². The third-order valence-electron chi connectivity index (χ3n) is 4.66. The second kappa shape index (κ2) is 9.42. The maximum atomic E-state index is 12.5. The molecular weight excluding hydrogens is 318 g/mol. The summed E-state index contributed by atoms with van der Waals surface area (Å²) in [6.07, 6.45) is 1.75. The predicted molar refractivity (Wildman–Crippen MR) is 98.4 cm³/mol. The highest BCUT2D eigenvalue weighted by atomic mass is 16.3. The Bertz CT molecular complexity index is 556. The van der Waals surface area contributed by atoms with Crippen LogP contribution in [0.1, 0.15) is 33.1 Å². The first-order valence-corrected chi connectivity index (χ1v) is 9.02. The van der Waals surface area contributed by atoms with E-state index in [9.17, 15) is 14.7 Å². The molecule has 0 aliphatic carbocycles.